The van der Waals surface area contributed by atoms with Crippen molar-refractivity contribution >= 4 is 34.9 Å². The smallest absolute Gasteiger partial charge is 0.316 e. The number of ketones is 1. The Hall–Kier alpha value is -4.23. The van der Waals surface area contributed by atoms with E-state index in [1.54, 1.807) is 52.1 Å². The van der Waals surface area contributed by atoms with Gasteiger partial charge in [0.25, 0.3) is 0 Å². The number of oxime groups is 1. The van der Waals surface area contributed by atoms with Crippen LogP contribution in [0.4, 0.5) is 5.82 Å². The maximum Gasteiger partial charge on any atom is 0.316 e. The number of aromatic nitrogens is 2. The number of anilines is 1. The minimum atomic E-state index is -1.87. The SMILES string of the molecule is CC[C@H]1OC(=O)[C@H](C)C(=O)[C@H](C)[C@@H](O[C@@H]2O[C@H](C)C[C@H](N(C)C)[C@H]2O)[C@@]2(C)C[C@@H](C)C(=NC(C)=O)[C@H](C)C(OC/C(=N\OCc3ccc(-c4cccc(N)n4)nc3)CO2)[C@]1(C)O. The number of rotatable bonds is 8. The predicted octanol–water partition coefficient (Wildman–Crippen LogP) is 4.16. The molecule has 4 N–H and O–H groups in total. The van der Waals surface area contributed by atoms with Crippen molar-refractivity contribution in [2.75, 3.05) is 33.0 Å². The van der Waals surface area contributed by atoms with Gasteiger partial charge >= 0.3 is 5.97 Å². The molecular weight excluding hydrogens is 801 g/mol. The van der Waals surface area contributed by atoms with Crippen molar-refractivity contribution in [1.82, 2.24) is 14.9 Å². The first-order chi connectivity index (χ1) is 29.2. The van der Waals surface area contributed by atoms with Crippen LogP contribution < -0.4 is 5.73 Å². The highest BCUT2D eigenvalue weighted by Crippen LogP contribution is 2.40. The molecule has 5 rings (SSSR count). The number of fused-ring (bicyclic) bond motifs is 5. The first-order valence-electron chi connectivity index (χ1n) is 21.5. The number of carbonyl (C=O) groups excluding carboxylic acids is 3. The van der Waals surface area contributed by atoms with Crippen molar-refractivity contribution in [3.8, 4) is 11.4 Å². The molecule has 62 heavy (non-hydrogen) atoms. The molecule has 3 fully saturated rings. The zero-order chi connectivity index (χ0) is 45.7. The fourth-order valence-electron chi connectivity index (χ4n) is 9.06. The van der Waals surface area contributed by atoms with Gasteiger partial charge in [0, 0.05) is 42.3 Å². The number of carbonyl (C=O) groups is 3. The monoisotopic (exact) mass is 866 g/mol. The standard InChI is InChI=1S/C45H66N6O11/c1-12-35-45(9,56)41-26(4)37(48-29(7)52)24(2)19-44(8,40(27(5)38(53)28(6)42(55)61-35)62-43-39(54)34(51(10)11)18-25(3)60-43)58-23-31(22-57-41)50-59-21-30-16-17-32(47-20-30)33-14-13-15-36(46)49-33/h13-17,20,24-28,34-35,39-41,43,54,56H,12,18-19,21-23H2,1-11H3,(H2,46,49)/b48-37?,50-31+/t24-,25-,26+,27+,28-,34+,35-,39-,40-,41?,43+,44-,45-/m1/s1. The summed E-state index contributed by atoms with van der Waals surface area (Å²) in [5.74, 6) is -5.01. The van der Waals surface area contributed by atoms with E-state index >= 15 is 0 Å². The van der Waals surface area contributed by atoms with Gasteiger partial charge in [0.1, 0.15) is 41.9 Å². The summed E-state index contributed by atoms with van der Waals surface area (Å²) in [4.78, 5) is 62.4. The Labute approximate surface area is 364 Å². The van der Waals surface area contributed by atoms with Gasteiger partial charge in [0.05, 0.1) is 48.5 Å². The molecule has 3 saturated heterocycles. The average Bonchev–Trinajstić information content (AvgIpc) is 3.23. The van der Waals surface area contributed by atoms with Gasteiger partial charge in [-0.1, -0.05) is 45.0 Å². The minimum absolute atomic E-state index is 0.0214. The number of nitrogens with zero attached hydrogens (tertiary/aromatic N) is 5. The molecule has 3 aliphatic rings. The first-order valence-corrected chi connectivity index (χ1v) is 21.5. The maximum absolute atomic E-state index is 14.5. The van der Waals surface area contributed by atoms with Crippen molar-refractivity contribution in [3.63, 3.8) is 0 Å². The van der Waals surface area contributed by atoms with Crippen LogP contribution in [-0.4, -0.2) is 136 Å². The summed E-state index contributed by atoms with van der Waals surface area (Å²) in [5, 5.41) is 28.6. The van der Waals surface area contributed by atoms with Gasteiger partial charge in [0.2, 0.25) is 5.91 Å². The number of aliphatic hydroxyl groups excluding tert-OH is 1. The number of likely N-dealkylation sites (N-methyl/N-ethyl adjacent to an activating group) is 1. The molecule has 1 unspecified atom stereocenters. The van der Waals surface area contributed by atoms with Gasteiger partial charge in [0.15, 0.2) is 12.1 Å². The normalized spacial score (nSPS) is 36.7. The summed E-state index contributed by atoms with van der Waals surface area (Å²) in [6.45, 7) is 14.7. The van der Waals surface area contributed by atoms with Crippen LogP contribution in [0.25, 0.3) is 11.4 Å². The molecule has 2 aromatic heterocycles. The number of cyclic esters (lactones) is 1. The number of Topliss-reactive ketones (excluding diaryl/α,β-unsaturated/α-hetero) is 1. The maximum atomic E-state index is 14.5. The van der Waals surface area contributed by atoms with Gasteiger partial charge < -0.3 is 49.4 Å². The van der Waals surface area contributed by atoms with Crippen molar-refractivity contribution in [1.29, 1.82) is 0 Å². The summed E-state index contributed by atoms with van der Waals surface area (Å²) in [6.07, 6.45) is -3.57. The molecule has 0 spiro atoms. The van der Waals surface area contributed by atoms with E-state index < -0.39 is 83.2 Å². The lowest BCUT2D eigenvalue weighted by Crippen LogP contribution is -2.60. The summed E-state index contributed by atoms with van der Waals surface area (Å²) in [6, 6.07) is 8.61. The molecule has 3 aliphatic heterocycles. The van der Waals surface area contributed by atoms with Gasteiger partial charge in [-0.2, -0.15) is 0 Å². The Morgan fingerprint density at radius 1 is 1.05 bits per heavy atom. The fraction of sp³-hybridized carbons (Fsp3) is 0.667. The fourth-order valence-corrected chi connectivity index (χ4v) is 9.06. The number of amides is 1. The summed E-state index contributed by atoms with van der Waals surface area (Å²) >= 11 is 0. The molecule has 342 valence electrons. The van der Waals surface area contributed by atoms with Crippen LogP contribution in [0.5, 0.6) is 0 Å². The van der Waals surface area contributed by atoms with Gasteiger partial charge in [-0.3, -0.25) is 19.4 Å². The van der Waals surface area contributed by atoms with Crippen LogP contribution in [0, 0.1) is 23.7 Å². The number of esters is 1. The Morgan fingerprint density at radius 2 is 1.77 bits per heavy atom. The Kier molecular flexibility index (Phi) is 16.1. The third kappa shape index (κ3) is 11.3. The number of hydrogen-bond donors (Lipinski definition) is 3. The molecule has 2 aromatic rings. The van der Waals surface area contributed by atoms with E-state index in [9.17, 15) is 24.6 Å². The van der Waals surface area contributed by atoms with E-state index in [1.807, 2.05) is 45.0 Å². The average molecular weight is 867 g/mol. The number of hydrogen-bond acceptors (Lipinski definition) is 16. The van der Waals surface area contributed by atoms with E-state index in [0.29, 0.717) is 34.9 Å². The zero-order valence-electron chi connectivity index (χ0n) is 37.9. The van der Waals surface area contributed by atoms with Crippen molar-refractivity contribution in [2.45, 2.75) is 142 Å². The van der Waals surface area contributed by atoms with Gasteiger partial charge in [-0.25, -0.2) is 9.98 Å². The van der Waals surface area contributed by atoms with Crippen LogP contribution in [0.2, 0.25) is 0 Å². The van der Waals surface area contributed by atoms with E-state index in [2.05, 4.69) is 20.1 Å². The lowest BCUT2D eigenvalue weighted by Gasteiger charge is -2.47. The number of aliphatic imine (C=N–C) groups is 1. The topological polar surface area (TPSA) is 227 Å². The Morgan fingerprint density at radius 3 is 2.40 bits per heavy atom. The second-order valence-corrected chi connectivity index (χ2v) is 17.8. The number of ether oxygens (including phenoxy) is 5. The highest BCUT2D eigenvalue weighted by atomic mass is 16.7. The third-order valence-corrected chi connectivity index (χ3v) is 12.4. The van der Waals surface area contributed by atoms with Gasteiger partial charge in [-0.15, -0.1) is 0 Å². The van der Waals surface area contributed by atoms with Crippen LogP contribution >= 0.6 is 0 Å². The minimum Gasteiger partial charge on any atom is -0.459 e. The molecule has 1 amide bonds. The van der Waals surface area contributed by atoms with E-state index in [-0.39, 0.29) is 50.5 Å². The van der Waals surface area contributed by atoms with E-state index in [4.69, 9.17) is 34.3 Å². The van der Waals surface area contributed by atoms with Crippen LogP contribution in [0.15, 0.2) is 46.7 Å². The third-order valence-electron chi connectivity index (χ3n) is 12.4. The number of nitrogens with two attached hydrogens (primary N) is 1. The first kappa shape index (κ1) is 48.8. The molecule has 13 atom stereocenters. The number of nitrogen functional groups attached to an aromatic ring is 1. The Bertz CT molecular complexity index is 1940. The molecule has 5 heterocycles. The summed E-state index contributed by atoms with van der Waals surface area (Å²) in [7, 11) is 3.72. The summed E-state index contributed by atoms with van der Waals surface area (Å²) in [5.41, 5.74) is 5.22. The molecular formula is C45H66N6O11. The molecule has 17 heteroatoms. The molecule has 0 saturated carbocycles. The predicted molar refractivity (Wildman–Crippen MR) is 231 cm³/mol. The molecule has 17 nitrogen and oxygen atoms in total. The lowest BCUT2D eigenvalue weighted by atomic mass is 9.73. The second kappa shape index (κ2) is 20.5. The highest BCUT2D eigenvalue weighted by Gasteiger charge is 2.53. The largest absolute Gasteiger partial charge is 0.459 e. The van der Waals surface area contributed by atoms with Crippen molar-refractivity contribution < 1.29 is 53.1 Å². The number of pyridine rings is 2. The lowest BCUT2D eigenvalue weighted by molar-refractivity contribution is -0.296. The van der Waals surface area contributed by atoms with Crippen LogP contribution in [0.3, 0.4) is 0 Å². The summed E-state index contributed by atoms with van der Waals surface area (Å²) < 4.78 is 32.5. The Balaban J connectivity index is 1.62. The second-order valence-electron chi connectivity index (χ2n) is 17.8. The van der Waals surface area contributed by atoms with E-state index in [1.165, 1.54) is 20.8 Å². The zero-order valence-corrected chi connectivity index (χ0v) is 37.9. The van der Waals surface area contributed by atoms with Crippen LogP contribution in [-0.2, 0) is 49.5 Å². The van der Waals surface area contributed by atoms with Gasteiger partial charge in [-0.05, 0) is 85.2 Å². The molecule has 0 radical (unpaired) electrons. The quantitative estimate of drug-likeness (QED) is 0.192. The molecule has 0 aromatic carbocycles. The highest BCUT2D eigenvalue weighted by molar-refractivity contribution is 6.00. The molecule has 0 aliphatic carbocycles. The molecule has 2 bridgehead atoms. The van der Waals surface area contributed by atoms with Crippen LogP contribution in [0.1, 0.15) is 87.1 Å². The number of aliphatic hydroxyl groups is 2. The van der Waals surface area contributed by atoms with Crippen molar-refractivity contribution in [3.05, 3.63) is 42.1 Å². The van der Waals surface area contributed by atoms with Crippen molar-refractivity contribution in [2.24, 2.45) is 33.8 Å². The van der Waals surface area contributed by atoms with E-state index in [0.717, 1.165) is 0 Å².